The third-order valence-electron chi connectivity index (χ3n) is 2.82. The monoisotopic (exact) mass is 324 g/mol. The first kappa shape index (κ1) is 13.3. The van der Waals surface area contributed by atoms with Crippen LogP contribution in [0.15, 0.2) is 0 Å². The topological polar surface area (TPSA) is 26.3 Å². The summed E-state index contributed by atoms with van der Waals surface area (Å²) >= 11 is 2.48. The van der Waals surface area contributed by atoms with Gasteiger partial charge in [-0.05, 0) is 18.8 Å². The van der Waals surface area contributed by atoms with Crippen LogP contribution in [0.1, 0.15) is 52.4 Å². The van der Waals surface area contributed by atoms with Gasteiger partial charge in [-0.25, -0.2) is 0 Å². The summed E-state index contributed by atoms with van der Waals surface area (Å²) in [6.07, 6.45) is 6.85. The molecule has 0 radical (unpaired) electrons. The Morgan fingerprint density at radius 3 is 2.47 bits per heavy atom. The lowest BCUT2D eigenvalue weighted by molar-refractivity contribution is -0.145. The summed E-state index contributed by atoms with van der Waals surface area (Å²) in [4.78, 5) is 11.4. The standard InChI is InChI=1S/C12H21IO2/c1-10(2)8-11(14)15-9-12(13)6-4-3-5-7-12/h10H,3-9H2,1-2H3. The van der Waals surface area contributed by atoms with Crippen molar-refractivity contribution in [2.75, 3.05) is 6.61 Å². The molecule has 0 aromatic carbocycles. The van der Waals surface area contributed by atoms with Gasteiger partial charge >= 0.3 is 5.97 Å². The molecule has 0 spiro atoms. The number of halogens is 1. The Kier molecular flexibility index (Phi) is 5.36. The van der Waals surface area contributed by atoms with E-state index in [1.54, 1.807) is 0 Å². The molecule has 0 aromatic rings. The van der Waals surface area contributed by atoms with E-state index in [4.69, 9.17) is 4.74 Å². The van der Waals surface area contributed by atoms with Crippen LogP contribution in [0.2, 0.25) is 0 Å². The van der Waals surface area contributed by atoms with E-state index >= 15 is 0 Å². The molecule has 0 aliphatic heterocycles. The summed E-state index contributed by atoms with van der Waals surface area (Å²) in [6, 6.07) is 0. The van der Waals surface area contributed by atoms with Crippen LogP contribution in [0.4, 0.5) is 0 Å². The van der Waals surface area contributed by atoms with E-state index in [1.165, 1.54) is 32.1 Å². The lowest BCUT2D eigenvalue weighted by Gasteiger charge is -2.30. The maximum Gasteiger partial charge on any atom is 0.306 e. The lowest BCUT2D eigenvalue weighted by atomic mass is 9.90. The third-order valence-corrected chi connectivity index (χ3v) is 4.21. The number of esters is 1. The predicted molar refractivity (Wildman–Crippen MR) is 70.3 cm³/mol. The number of rotatable bonds is 4. The van der Waals surface area contributed by atoms with Gasteiger partial charge < -0.3 is 4.74 Å². The molecule has 1 aliphatic carbocycles. The molecule has 2 nitrogen and oxygen atoms in total. The minimum absolute atomic E-state index is 0.0355. The maximum atomic E-state index is 11.4. The van der Waals surface area contributed by atoms with Crippen LogP contribution in [0.3, 0.4) is 0 Å². The van der Waals surface area contributed by atoms with Gasteiger partial charge in [0.2, 0.25) is 0 Å². The van der Waals surface area contributed by atoms with Crippen LogP contribution in [0.5, 0.6) is 0 Å². The van der Waals surface area contributed by atoms with Crippen molar-refractivity contribution in [1.29, 1.82) is 0 Å². The van der Waals surface area contributed by atoms with Gasteiger partial charge in [0.25, 0.3) is 0 Å². The zero-order chi connectivity index (χ0) is 11.3. The largest absolute Gasteiger partial charge is 0.464 e. The highest BCUT2D eigenvalue weighted by atomic mass is 127. The van der Waals surface area contributed by atoms with Crippen molar-refractivity contribution in [3.8, 4) is 0 Å². The first-order chi connectivity index (χ1) is 7.02. The zero-order valence-electron chi connectivity index (χ0n) is 9.72. The molecule has 15 heavy (non-hydrogen) atoms. The SMILES string of the molecule is CC(C)CC(=O)OCC1(I)CCCCC1. The number of carbonyl (C=O) groups is 1. The van der Waals surface area contributed by atoms with Crippen LogP contribution >= 0.6 is 22.6 Å². The number of alkyl halides is 1. The molecule has 1 fully saturated rings. The molecular formula is C12H21IO2. The Balaban J connectivity index is 2.25. The van der Waals surface area contributed by atoms with Gasteiger partial charge in [-0.2, -0.15) is 0 Å². The van der Waals surface area contributed by atoms with Crippen molar-refractivity contribution in [1.82, 2.24) is 0 Å². The minimum Gasteiger partial charge on any atom is -0.464 e. The molecule has 0 aromatic heterocycles. The van der Waals surface area contributed by atoms with E-state index in [0.717, 1.165) is 0 Å². The van der Waals surface area contributed by atoms with Crippen molar-refractivity contribution in [2.24, 2.45) is 5.92 Å². The second-order valence-corrected chi connectivity index (χ2v) is 7.26. The fourth-order valence-electron chi connectivity index (χ4n) is 1.93. The zero-order valence-corrected chi connectivity index (χ0v) is 11.9. The van der Waals surface area contributed by atoms with E-state index < -0.39 is 0 Å². The normalized spacial score (nSPS) is 20.3. The summed E-state index contributed by atoms with van der Waals surface area (Å²) in [6.45, 7) is 4.70. The molecule has 0 N–H and O–H groups in total. The summed E-state index contributed by atoms with van der Waals surface area (Å²) in [5.41, 5.74) is 0. The van der Waals surface area contributed by atoms with Crippen LogP contribution < -0.4 is 0 Å². The summed E-state index contributed by atoms with van der Waals surface area (Å²) in [5, 5.41) is 0. The van der Waals surface area contributed by atoms with E-state index in [0.29, 0.717) is 18.9 Å². The molecule has 0 heterocycles. The van der Waals surface area contributed by atoms with E-state index in [9.17, 15) is 4.79 Å². The van der Waals surface area contributed by atoms with Crippen molar-refractivity contribution >= 4 is 28.6 Å². The van der Waals surface area contributed by atoms with E-state index in [1.807, 2.05) is 13.8 Å². The first-order valence-electron chi connectivity index (χ1n) is 5.86. The van der Waals surface area contributed by atoms with Crippen molar-refractivity contribution in [3.05, 3.63) is 0 Å². The van der Waals surface area contributed by atoms with Gasteiger partial charge in [-0.3, -0.25) is 4.79 Å². The highest BCUT2D eigenvalue weighted by molar-refractivity contribution is 14.1. The summed E-state index contributed by atoms with van der Waals surface area (Å²) < 4.78 is 5.57. The second-order valence-electron chi connectivity index (χ2n) is 4.97. The Hall–Kier alpha value is 0.200. The molecule has 0 amide bonds. The summed E-state index contributed by atoms with van der Waals surface area (Å²) in [7, 11) is 0. The predicted octanol–water partition coefficient (Wildman–Crippen LogP) is 3.71. The van der Waals surface area contributed by atoms with Gasteiger partial charge in [0.15, 0.2) is 0 Å². The van der Waals surface area contributed by atoms with Crippen LogP contribution in [-0.2, 0) is 9.53 Å². The first-order valence-corrected chi connectivity index (χ1v) is 6.94. The highest BCUT2D eigenvalue weighted by Gasteiger charge is 2.30. The van der Waals surface area contributed by atoms with Crippen LogP contribution in [0, 0.1) is 5.92 Å². The molecule has 0 saturated heterocycles. The number of ether oxygens (including phenoxy) is 1. The molecule has 3 heteroatoms. The van der Waals surface area contributed by atoms with Gasteiger partial charge in [-0.1, -0.05) is 55.7 Å². The summed E-state index contributed by atoms with van der Waals surface area (Å²) in [5.74, 6) is 0.362. The van der Waals surface area contributed by atoms with Crippen molar-refractivity contribution < 1.29 is 9.53 Å². The fourth-order valence-corrected chi connectivity index (χ4v) is 2.85. The Bertz CT molecular complexity index is 208. The molecule has 0 unspecified atom stereocenters. The smallest absolute Gasteiger partial charge is 0.306 e. The van der Waals surface area contributed by atoms with Crippen LogP contribution in [0.25, 0.3) is 0 Å². The Morgan fingerprint density at radius 2 is 1.93 bits per heavy atom. The van der Waals surface area contributed by atoms with Gasteiger partial charge in [-0.15, -0.1) is 0 Å². The van der Waals surface area contributed by atoms with Crippen molar-refractivity contribution in [3.63, 3.8) is 0 Å². The second kappa shape index (κ2) is 6.06. The molecule has 1 aliphatic rings. The highest BCUT2D eigenvalue weighted by Crippen LogP contribution is 2.36. The average Bonchev–Trinajstić information content (AvgIpc) is 2.15. The quantitative estimate of drug-likeness (QED) is 0.448. The number of hydrogen-bond donors (Lipinski definition) is 0. The number of carbonyl (C=O) groups excluding carboxylic acids is 1. The molecule has 1 rings (SSSR count). The third kappa shape index (κ3) is 5.18. The van der Waals surface area contributed by atoms with E-state index in [2.05, 4.69) is 22.6 Å². The van der Waals surface area contributed by atoms with Crippen LogP contribution in [-0.4, -0.2) is 16.0 Å². The maximum absolute atomic E-state index is 11.4. The van der Waals surface area contributed by atoms with Gasteiger partial charge in [0.05, 0.1) is 3.42 Å². The minimum atomic E-state index is -0.0355. The Labute approximate surface area is 106 Å². The average molecular weight is 324 g/mol. The van der Waals surface area contributed by atoms with Crippen molar-refractivity contribution in [2.45, 2.75) is 55.8 Å². The molecule has 88 valence electrons. The number of hydrogen-bond acceptors (Lipinski definition) is 2. The molecular weight excluding hydrogens is 303 g/mol. The lowest BCUT2D eigenvalue weighted by Crippen LogP contribution is -2.31. The Morgan fingerprint density at radius 1 is 1.33 bits per heavy atom. The van der Waals surface area contributed by atoms with E-state index in [-0.39, 0.29) is 9.39 Å². The molecule has 0 atom stereocenters. The fraction of sp³-hybridized carbons (Fsp3) is 0.917. The van der Waals surface area contributed by atoms with Gasteiger partial charge in [0.1, 0.15) is 6.61 Å². The van der Waals surface area contributed by atoms with Gasteiger partial charge in [0, 0.05) is 6.42 Å². The molecule has 1 saturated carbocycles. The molecule has 0 bridgehead atoms.